The summed E-state index contributed by atoms with van der Waals surface area (Å²) >= 11 is 0. The number of likely N-dealkylation sites (tertiary alicyclic amines) is 1. The number of β-amino-alcohol motifs (C(OH)–C–C–N with tert-alkyl or cyclic N) is 1. The predicted octanol–water partition coefficient (Wildman–Crippen LogP) is 4.30. The molecule has 1 fully saturated rings. The molecule has 0 unspecified atom stereocenters. The molecule has 1 heterocycles. The SMILES string of the molecule is Cc1ccc(Nc2c(C(=O)N3CC(O)(CNc4ccc(O)c(F)c4)C3)ccc(F)c2F)c(F)c1. The number of hydrogen-bond donors (Lipinski definition) is 4. The average Bonchev–Trinajstić information content (AvgIpc) is 2.77. The van der Waals surface area contributed by atoms with Gasteiger partial charge in [0.05, 0.1) is 30.0 Å². The van der Waals surface area contributed by atoms with Crippen LogP contribution >= 0.6 is 0 Å². The van der Waals surface area contributed by atoms with E-state index in [0.29, 0.717) is 11.3 Å². The molecule has 4 N–H and O–H groups in total. The summed E-state index contributed by atoms with van der Waals surface area (Å²) in [5.41, 5.74) is -1.27. The summed E-state index contributed by atoms with van der Waals surface area (Å²) < 4.78 is 56.2. The quantitative estimate of drug-likeness (QED) is 0.316. The fourth-order valence-electron chi connectivity index (χ4n) is 3.68. The number of phenolic OH excluding ortho intramolecular Hbond substituents is 1. The van der Waals surface area contributed by atoms with Crippen molar-refractivity contribution in [3.8, 4) is 5.75 Å². The number of carbonyl (C=O) groups excluding carboxylic acids is 1. The lowest BCUT2D eigenvalue weighted by Crippen LogP contribution is -2.66. The smallest absolute Gasteiger partial charge is 0.256 e. The molecule has 0 atom stereocenters. The molecule has 4 rings (SSSR count). The number of anilines is 3. The van der Waals surface area contributed by atoms with E-state index in [1.807, 2.05) is 0 Å². The Balaban J connectivity index is 1.48. The molecule has 0 aromatic heterocycles. The average molecular weight is 475 g/mol. The predicted molar refractivity (Wildman–Crippen MR) is 118 cm³/mol. The topological polar surface area (TPSA) is 84.8 Å². The van der Waals surface area contributed by atoms with Crippen LogP contribution in [-0.4, -0.2) is 46.3 Å². The van der Waals surface area contributed by atoms with Crippen molar-refractivity contribution in [2.24, 2.45) is 0 Å². The van der Waals surface area contributed by atoms with E-state index < -0.39 is 46.2 Å². The van der Waals surface area contributed by atoms with Gasteiger partial charge in [0.1, 0.15) is 11.4 Å². The Labute approximate surface area is 192 Å². The first kappa shape index (κ1) is 23.4. The first-order valence-corrected chi connectivity index (χ1v) is 10.3. The maximum atomic E-state index is 14.6. The van der Waals surface area contributed by atoms with E-state index >= 15 is 0 Å². The Hall–Kier alpha value is -3.79. The standard InChI is InChI=1S/C24H21F4N3O3/c1-13-2-6-19(17(26)8-13)30-22-15(4-5-16(25)21(22)28)23(33)31-11-24(34,12-31)10-29-14-3-7-20(32)18(27)9-14/h2-9,29-30,32,34H,10-12H2,1H3. The summed E-state index contributed by atoms with van der Waals surface area (Å²) in [6, 6.07) is 9.67. The van der Waals surface area contributed by atoms with E-state index in [4.69, 9.17) is 0 Å². The van der Waals surface area contributed by atoms with Crippen LogP contribution in [0.2, 0.25) is 0 Å². The number of amides is 1. The van der Waals surface area contributed by atoms with E-state index in [9.17, 15) is 32.6 Å². The van der Waals surface area contributed by atoms with Gasteiger partial charge >= 0.3 is 0 Å². The van der Waals surface area contributed by atoms with Gasteiger partial charge in [-0.3, -0.25) is 4.79 Å². The molecule has 6 nitrogen and oxygen atoms in total. The van der Waals surface area contributed by atoms with Crippen molar-refractivity contribution < 1.29 is 32.6 Å². The maximum Gasteiger partial charge on any atom is 0.256 e. The van der Waals surface area contributed by atoms with Crippen LogP contribution < -0.4 is 10.6 Å². The maximum absolute atomic E-state index is 14.6. The van der Waals surface area contributed by atoms with Gasteiger partial charge in [-0.1, -0.05) is 6.07 Å². The summed E-state index contributed by atoms with van der Waals surface area (Å²) in [5.74, 6) is -5.27. The number of hydrogen-bond acceptors (Lipinski definition) is 5. The molecular formula is C24H21F4N3O3. The van der Waals surface area contributed by atoms with Gasteiger partial charge in [-0.25, -0.2) is 17.6 Å². The third-order valence-corrected chi connectivity index (χ3v) is 5.54. The van der Waals surface area contributed by atoms with Crippen molar-refractivity contribution in [3.05, 3.63) is 82.9 Å². The molecular weight excluding hydrogens is 454 g/mol. The first-order chi connectivity index (χ1) is 16.1. The summed E-state index contributed by atoms with van der Waals surface area (Å²) in [7, 11) is 0. The van der Waals surface area contributed by atoms with Crippen LogP contribution in [0.25, 0.3) is 0 Å². The number of carbonyl (C=O) groups is 1. The normalized spacial score (nSPS) is 14.5. The third-order valence-electron chi connectivity index (χ3n) is 5.54. The van der Waals surface area contributed by atoms with Crippen LogP contribution in [0.5, 0.6) is 5.75 Å². The monoisotopic (exact) mass is 475 g/mol. The molecule has 0 spiro atoms. The van der Waals surface area contributed by atoms with Gasteiger partial charge in [-0.2, -0.15) is 0 Å². The molecule has 34 heavy (non-hydrogen) atoms. The van der Waals surface area contributed by atoms with Crippen molar-refractivity contribution in [2.45, 2.75) is 12.5 Å². The van der Waals surface area contributed by atoms with Crippen LogP contribution in [-0.2, 0) is 0 Å². The number of aliphatic hydroxyl groups is 1. The summed E-state index contributed by atoms with van der Waals surface area (Å²) in [6.45, 7) is 1.38. The highest BCUT2D eigenvalue weighted by atomic mass is 19.2. The molecule has 1 saturated heterocycles. The van der Waals surface area contributed by atoms with Crippen molar-refractivity contribution >= 4 is 23.0 Å². The number of phenols is 1. The van der Waals surface area contributed by atoms with Crippen LogP contribution in [0.15, 0.2) is 48.5 Å². The number of nitrogens with zero attached hydrogens (tertiary/aromatic N) is 1. The number of nitrogens with one attached hydrogen (secondary N) is 2. The second-order valence-corrected chi connectivity index (χ2v) is 8.30. The van der Waals surface area contributed by atoms with Gasteiger partial charge in [-0.15, -0.1) is 0 Å². The minimum Gasteiger partial charge on any atom is -0.505 e. The molecule has 0 saturated carbocycles. The molecule has 10 heteroatoms. The van der Waals surface area contributed by atoms with Crippen molar-refractivity contribution in [3.63, 3.8) is 0 Å². The Kier molecular flexibility index (Phi) is 6.09. The van der Waals surface area contributed by atoms with E-state index in [-0.39, 0.29) is 30.9 Å². The van der Waals surface area contributed by atoms with Gasteiger partial charge in [0.2, 0.25) is 0 Å². The van der Waals surface area contributed by atoms with Crippen LogP contribution in [0.1, 0.15) is 15.9 Å². The fraction of sp³-hybridized carbons (Fsp3) is 0.208. The first-order valence-electron chi connectivity index (χ1n) is 10.3. The molecule has 3 aromatic rings. The van der Waals surface area contributed by atoms with E-state index in [2.05, 4.69) is 10.6 Å². The van der Waals surface area contributed by atoms with Crippen LogP contribution in [0, 0.1) is 30.2 Å². The highest BCUT2D eigenvalue weighted by Crippen LogP contribution is 2.32. The number of benzene rings is 3. The number of aromatic hydroxyl groups is 1. The van der Waals surface area contributed by atoms with Crippen molar-refractivity contribution in [2.75, 3.05) is 30.3 Å². The summed E-state index contributed by atoms with van der Waals surface area (Å²) in [4.78, 5) is 14.2. The summed E-state index contributed by atoms with van der Waals surface area (Å²) in [6.07, 6.45) is 0. The van der Waals surface area contributed by atoms with E-state index in [1.165, 1.54) is 23.1 Å². The van der Waals surface area contributed by atoms with Crippen molar-refractivity contribution in [1.82, 2.24) is 4.90 Å². The van der Waals surface area contributed by atoms with E-state index in [1.54, 1.807) is 13.0 Å². The van der Waals surface area contributed by atoms with Gasteiger partial charge in [-0.05, 0) is 48.9 Å². The Morgan fingerprint density at radius 2 is 1.74 bits per heavy atom. The van der Waals surface area contributed by atoms with Gasteiger partial charge in [0.15, 0.2) is 23.2 Å². The van der Waals surface area contributed by atoms with Gasteiger partial charge in [0.25, 0.3) is 5.91 Å². The molecule has 3 aromatic carbocycles. The molecule has 0 aliphatic carbocycles. The Morgan fingerprint density at radius 3 is 2.41 bits per heavy atom. The largest absolute Gasteiger partial charge is 0.505 e. The zero-order chi connectivity index (χ0) is 24.6. The fourth-order valence-corrected chi connectivity index (χ4v) is 3.68. The van der Waals surface area contributed by atoms with Gasteiger partial charge < -0.3 is 25.7 Å². The minimum atomic E-state index is -1.35. The highest BCUT2D eigenvalue weighted by Gasteiger charge is 2.44. The lowest BCUT2D eigenvalue weighted by molar-refractivity contribution is -0.0706. The number of aryl methyl sites for hydroxylation is 1. The zero-order valence-corrected chi connectivity index (χ0v) is 18.0. The molecule has 0 radical (unpaired) electrons. The minimum absolute atomic E-state index is 0.0293. The molecule has 1 amide bonds. The number of rotatable bonds is 6. The Bertz CT molecular complexity index is 1260. The highest BCUT2D eigenvalue weighted by molar-refractivity contribution is 6.01. The molecule has 1 aliphatic rings. The van der Waals surface area contributed by atoms with Gasteiger partial charge in [0, 0.05) is 18.3 Å². The molecule has 1 aliphatic heterocycles. The van der Waals surface area contributed by atoms with Crippen LogP contribution in [0.4, 0.5) is 34.6 Å². The lowest BCUT2D eigenvalue weighted by atomic mass is 9.92. The summed E-state index contributed by atoms with van der Waals surface area (Å²) in [5, 5.41) is 25.2. The second kappa shape index (κ2) is 8.86. The number of halogens is 4. The van der Waals surface area contributed by atoms with Crippen LogP contribution in [0.3, 0.4) is 0 Å². The zero-order valence-electron chi connectivity index (χ0n) is 18.0. The molecule has 0 bridgehead atoms. The molecule has 178 valence electrons. The lowest BCUT2D eigenvalue weighted by Gasteiger charge is -2.46. The Morgan fingerprint density at radius 1 is 1.00 bits per heavy atom. The second-order valence-electron chi connectivity index (χ2n) is 8.30. The van der Waals surface area contributed by atoms with Crippen molar-refractivity contribution in [1.29, 1.82) is 0 Å². The third kappa shape index (κ3) is 4.62. The van der Waals surface area contributed by atoms with E-state index in [0.717, 1.165) is 24.3 Å².